The fourth-order valence-electron chi connectivity index (χ4n) is 2.53. The van der Waals surface area contributed by atoms with Crippen molar-refractivity contribution in [2.75, 3.05) is 19.6 Å². The smallest absolute Gasteiger partial charge is 0.255 e. The molecule has 19 heavy (non-hydrogen) atoms. The minimum absolute atomic E-state index is 0.0280. The number of nitrogens with one attached hydrogen (secondary N) is 2. The van der Waals surface area contributed by atoms with Crippen molar-refractivity contribution >= 4 is 11.4 Å². The SMILES string of the molecule is O=C(NCC1CCNCC1)c1cnn2ccccc12. The largest absolute Gasteiger partial charge is 0.352 e. The van der Waals surface area contributed by atoms with Crippen molar-refractivity contribution in [2.24, 2.45) is 5.92 Å². The zero-order valence-corrected chi connectivity index (χ0v) is 10.8. The molecular formula is C14H18N4O. The van der Waals surface area contributed by atoms with Crippen LogP contribution in [0.15, 0.2) is 30.6 Å². The van der Waals surface area contributed by atoms with Gasteiger partial charge in [0.25, 0.3) is 5.91 Å². The highest BCUT2D eigenvalue weighted by Crippen LogP contribution is 2.12. The molecule has 0 radical (unpaired) electrons. The summed E-state index contributed by atoms with van der Waals surface area (Å²) in [4.78, 5) is 12.2. The minimum atomic E-state index is -0.0280. The normalized spacial score (nSPS) is 16.6. The second kappa shape index (κ2) is 5.40. The van der Waals surface area contributed by atoms with Crippen molar-refractivity contribution in [1.82, 2.24) is 20.2 Å². The molecule has 2 N–H and O–H groups in total. The van der Waals surface area contributed by atoms with E-state index in [0.717, 1.165) is 38.0 Å². The summed E-state index contributed by atoms with van der Waals surface area (Å²) >= 11 is 0. The molecule has 0 atom stereocenters. The molecule has 0 aliphatic carbocycles. The topological polar surface area (TPSA) is 58.4 Å². The van der Waals surface area contributed by atoms with Gasteiger partial charge >= 0.3 is 0 Å². The molecule has 2 aromatic heterocycles. The predicted molar refractivity (Wildman–Crippen MR) is 73.1 cm³/mol. The number of aromatic nitrogens is 2. The van der Waals surface area contributed by atoms with Crippen LogP contribution in [0, 0.1) is 5.92 Å². The Morgan fingerprint density at radius 1 is 1.42 bits per heavy atom. The summed E-state index contributed by atoms with van der Waals surface area (Å²) in [6, 6.07) is 5.73. The van der Waals surface area contributed by atoms with Gasteiger partial charge in [0.05, 0.1) is 17.3 Å². The Bertz CT molecular complexity index is 572. The molecule has 1 fully saturated rings. The van der Waals surface area contributed by atoms with Gasteiger partial charge in [-0.15, -0.1) is 0 Å². The van der Waals surface area contributed by atoms with E-state index in [-0.39, 0.29) is 5.91 Å². The van der Waals surface area contributed by atoms with Gasteiger partial charge in [-0.05, 0) is 44.0 Å². The quantitative estimate of drug-likeness (QED) is 0.865. The van der Waals surface area contributed by atoms with E-state index in [1.165, 1.54) is 0 Å². The number of hydrogen-bond acceptors (Lipinski definition) is 3. The first-order chi connectivity index (χ1) is 9.34. The van der Waals surface area contributed by atoms with Crippen LogP contribution in [0.2, 0.25) is 0 Å². The van der Waals surface area contributed by atoms with E-state index in [9.17, 15) is 4.79 Å². The molecule has 1 amide bonds. The van der Waals surface area contributed by atoms with Crippen LogP contribution in [0.25, 0.3) is 5.52 Å². The lowest BCUT2D eigenvalue weighted by Crippen LogP contribution is -2.35. The molecule has 0 aromatic carbocycles. The molecule has 3 rings (SSSR count). The van der Waals surface area contributed by atoms with Crippen LogP contribution in [0.5, 0.6) is 0 Å². The van der Waals surface area contributed by atoms with Gasteiger partial charge in [0.15, 0.2) is 0 Å². The monoisotopic (exact) mass is 258 g/mol. The molecule has 2 aromatic rings. The number of hydrogen-bond donors (Lipinski definition) is 2. The van der Waals surface area contributed by atoms with Crippen LogP contribution < -0.4 is 10.6 Å². The third kappa shape index (κ3) is 2.61. The van der Waals surface area contributed by atoms with Gasteiger partial charge in [-0.25, -0.2) is 4.52 Å². The van der Waals surface area contributed by atoms with Gasteiger partial charge in [0, 0.05) is 12.7 Å². The lowest BCUT2D eigenvalue weighted by molar-refractivity contribution is 0.0946. The first kappa shape index (κ1) is 12.2. The Balaban J connectivity index is 1.66. The molecule has 5 nitrogen and oxygen atoms in total. The lowest BCUT2D eigenvalue weighted by Gasteiger charge is -2.22. The number of amides is 1. The summed E-state index contributed by atoms with van der Waals surface area (Å²) in [5.41, 5.74) is 1.50. The maximum atomic E-state index is 12.2. The summed E-state index contributed by atoms with van der Waals surface area (Å²) in [5.74, 6) is 0.562. The van der Waals surface area contributed by atoms with E-state index >= 15 is 0 Å². The lowest BCUT2D eigenvalue weighted by atomic mass is 9.98. The molecule has 5 heteroatoms. The summed E-state index contributed by atoms with van der Waals surface area (Å²) < 4.78 is 1.72. The standard InChI is InChI=1S/C14H18N4O/c19-14(16-9-11-4-6-15-7-5-11)12-10-17-18-8-2-1-3-13(12)18/h1-3,8,10-11,15H,4-7,9H2,(H,16,19). The Hall–Kier alpha value is -1.88. The minimum Gasteiger partial charge on any atom is -0.352 e. The average molecular weight is 258 g/mol. The van der Waals surface area contributed by atoms with Crippen molar-refractivity contribution in [3.63, 3.8) is 0 Å². The van der Waals surface area contributed by atoms with Crippen molar-refractivity contribution in [3.05, 3.63) is 36.2 Å². The van der Waals surface area contributed by atoms with E-state index in [4.69, 9.17) is 0 Å². The number of nitrogens with zero attached hydrogens (tertiary/aromatic N) is 2. The van der Waals surface area contributed by atoms with Crippen LogP contribution in [-0.4, -0.2) is 35.2 Å². The summed E-state index contributed by atoms with van der Waals surface area (Å²) in [5, 5.41) is 10.5. The van der Waals surface area contributed by atoms with Gasteiger partial charge < -0.3 is 10.6 Å². The van der Waals surface area contributed by atoms with Crippen molar-refractivity contribution in [1.29, 1.82) is 0 Å². The molecule has 1 saturated heterocycles. The number of fused-ring (bicyclic) bond motifs is 1. The maximum Gasteiger partial charge on any atom is 0.255 e. The third-order valence-electron chi connectivity index (χ3n) is 3.68. The highest BCUT2D eigenvalue weighted by atomic mass is 16.1. The van der Waals surface area contributed by atoms with Gasteiger partial charge in [-0.3, -0.25) is 4.79 Å². The molecule has 0 spiro atoms. The summed E-state index contributed by atoms with van der Waals surface area (Å²) in [6.07, 6.45) is 5.75. The fourth-order valence-corrected chi connectivity index (χ4v) is 2.53. The van der Waals surface area contributed by atoms with E-state index in [0.29, 0.717) is 11.5 Å². The van der Waals surface area contributed by atoms with Gasteiger partial charge in [0.1, 0.15) is 0 Å². The van der Waals surface area contributed by atoms with Gasteiger partial charge in [-0.2, -0.15) is 5.10 Å². The number of pyridine rings is 1. The second-order valence-electron chi connectivity index (χ2n) is 4.99. The number of rotatable bonds is 3. The molecule has 0 bridgehead atoms. The fraction of sp³-hybridized carbons (Fsp3) is 0.429. The number of carbonyl (C=O) groups is 1. The Morgan fingerprint density at radius 2 is 2.26 bits per heavy atom. The summed E-state index contributed by atoms with van der Waals surface area (Å²) in [6.45, 7) is 2.86. The molecule has 0 saturated carbocycles. The third-order valence-corrected chi connectivity index (χ3v) is 3.68. The van der Waals surface area contributed by atoms with Gasteiger partial charge in [0.2, 0.25) is 0 Å². The van der Waals surface area contributed by atoms with Crippen LogP contribution in [0.4, 0.5) is 0 Å². The average Bonchev–Trinajstić information content (AvgIpc) is 2.90. The zero-order valence-electron chi connectivity index (χ0n) is 10.8. The van der Waals surface area contributed by atoms with Crippen molar-refractivity contribution in [3.8, 4) is 0 Å². The van der Waals surface area contributed by atoms with Crippen LogP contribution in [-0.2, 0) is 0 Å². The highest BCUT2D eigenvalue weighted by molar-refractivity contribution is 6.00. The predicted octanol–water partition coefficient (Wildman–Crippen LogP) is 1.06. The Kier molecular flexibility index (Phi) is 3.46. The number of carbonyl (C=O) groups excluding carboxylic acids is 1. The summed E-state index contributed by atoms with van der Waals surface area (Å²) in [7, 11) is 0. The van der Waals surface area contributed by atoms with Crippen LogP contribution >= 0.6 is 0 Å². The van der Waals surface area contributed by atoms with E-state index in [1.54, 1.807) is 10.7 Å². The maximum absolute atomic E-state index is 12.2. The van der Waals surface area contributed by atoms with Gasteiger partial charge in [-0.1, -0.05) is 6.07 Å². The van der Waals surface area contributed by atoms with E-state index < -0.39 is 0 Å². The molecule has 100 valence electrons. The van der Waals surface area contributed by atoms with Crippen molar-refractivity contribution < 1.29 is 4.79 Å². The molecule has 3 heterocycles. The van der Waals surface area contributed by atoms with Crippen LogP contribution in [0.1, 0.15) is 23.2 Å². The molecule has 1 aliphatic rings. The molecular weight excluding hydrogens is 240 g/mol. The Labute approximate surface area is 112 Å². The van der Waals surface area contributed by atoms with E-state index in [1.807, 2.05) is 24.4 Å². The first-order valence-electron chi connectivity index (χ1n) is 6.76. The zero-order chi connectivity index (χ0) is 13.1. The van der Waals surface area contributed by atoms with E-state index in [2.05, 4.69) is 15.7 Å². The highest BCUT2D eigenvalue weighted by Gasteiger charge is 2.16. The first-order valence-corrected chi connectivity index (χ1v) is 6.76. The second-order valence-corrected chi connectivity index (χ2v) is 4.99. The number of piperidine rings is 1. The van der Waals surface area contributed by atoms with Crippen LogP contribution in [0.3, 0.4) is 0 Å². The molecule has 0 unspecified atom stereocenters. The Morgan fingerprint density at radius 3 is 3.11 bits per heavy atom. The van der Waals surface area contributed by atoms with Crippen molar-refractivity contribution in [2.45, 2.75) is 12.8 Å². The molecule has 1 aliphatic heterocycles.